The molecule has 1 fully saturated rings. The second-order valence-electron chi connectivity index (χ2n) is 6.22. The van der Waals surface area contributed by atoms with Gasteiger partial charge in [-0.05, 0) is 61.4 Å². The molecule has 1 aliphatic rings. The van der Waals surface area contributed by atoms with Crippen molar-refractivity contribution in [3.05, 3.63) is 59.4 Å². The molecule has 0 aliphatic heterocycles. The molecule has 2 aromatic rings. The Morgan fingerprint density at radius 2 is 1.52 bits per heavy atom. The first kappa shape index (κ1) is 18.2. The predicted molar refractivity (Wildman–Crippen MR) is 97.8 cm³/mol. The summed E-state index contributed by atoms with van der Waals surface area (Å²) in [6.45, 7) is 0. The lowest BCUT2D eigenvalue weighted by Crippen LogP contribution is -2.48. The first-order valence-corrected chi connectivity index (χ1v) is 10.1. The molecule has 0 aromatic heterocycles. The first-order valence-electron chi connectivity index (χ1n) is 8.24. The Labute approximate surface area is 152 Å². The highest BCUT2D eigenvalue weighted by Gasteiger charge is 2.29. The third-order valence-corrected chi connectivity index (χ3v) is 6.15. The number of sulfonamides is 1. The highest BCUT2D eigenvalue weighted by Crippen LogP contribution is 2.24. The Hall–Kier alpha value is -1.63. The second-order valence-corrected chi connectivity index (χ2v) is 8.37. The SMILES string of the molecule is O=S(=O)(N[C@@H]1CCCC[C@@H]1Nc1ccc(F)cc1)c1ccc(Cl)cc1. The highest BCUT2D eigenvalue weighted by molar-refractivity contribution is 7.89. The average molecular weight is 383 g/mol. The van der Waals surface area contributed by atoms with E-state index in [1.54, 1.807) is 24.3 Å². The molecule has 134 valence electrons. The van der Waals surface area contributed by atoms with Crippen LogP contribution in [0.2, 0.25) is 5.02 Å². The summed E-state index contributed by atoms with van der Waals surface area (Å²) >= 11 is 5.83. The molecule has 25 heavy (non-hydrogen) atoms. The fourth-order valence-electron chi connectivity index (χ4n) is 3.09. The average Bonchev–Trinajstić information content (AvgIpc) is 2.59. The first-order chi connectivity index (χ1) is 11.9. The molecule has 2 aromatic carbocycles. The van der Waals surface area contributed by atoms with Gasteiger partial charge in [0.1, 0.15) is 5.82 Å². The normalized spacial score (nSPS) is 21.0. The summed E-state index contributed by atoms with van der Waals surface area (Å²) in [5.74, 6) is -0.297. The zero-order valence-corrected chi connectivity index (χ0v) is 15.2. The summed E-state index contributed by atoms with van der Waals surface area (Å²) in [6, 6.07) is 11.9. The zero-order valence-electron chi connectivity index (χ0n) is 13.6. The standard InChI is InChI=1S/C18H20ClFN2O2S/c19-13-5-11-16(12-6-13)25(23,24)22-18-4-2-1-3-17(18)21-15-9-7-14(20)8-10-15/h5-12,17-18,21-22H,1-4H2/t17-,18+/m0/s1. The van der Waals surface area contributed by atoms with Crippen LogP contribution < -0.4 is 10.0 Å². The molecule has 2 N–H and O–H groups in total. The Balaban J connectivity index is 1.74. The Bertz CT molecular complexity index is 810. The maximum absolute atomic E-state index is 13.1. The van der Waals surface area contributed by atoms with Crippen LogP contribution in [0.25, 0.3) is 0 Å². The summed E-state index contributed by atoms with van der Waals surface area (Å²) in [5.41, 5.74) is 0.781. The number of hydrogen-bond donors (Lipinski definition) is 2. The van der Waals surface area contributed by atoms with Crippen LogP contribution in [0.15, 0.2) is 53.4 Å². The molecule has 0 saturated heterocycles. The number of halogens is 2. The van der Waals surface area contributed by atoms with E-state index in [4.69, 9.17) is 11.6 Å². The summed E-state index contributed by atoms with van der Waals surface area (Å²) in [5, 5.41) is 3.82. The molecule has 0 heterocycles. The Morgan fingerprint density at radius 3 is 2.16 bits per heavy atom. The molecular weight excluding hydrogens is 363 g/mol. The van der Waals surface area contributed by atoms with Crippen molar-refractivity contribution in [3.8, 4) is 0 Å². The van der Waals surface area contributed by atoms with Crippen molar-refractivity contribution in [2.75, 3.05) is 5.32 Å². The van der Waals surface area contributed by atoms with Crippen LogP contribution in [0.4, 0.5) is 10.1 Å². The predicted octanol–water partition coefficient (Wildman–Crippen LogP) is 4.18. The van der Waals surface area contributed by atoms with Crippen molar-refractivity contribution in [2.45, 2.75) is 42.7 Å². The number of hydrogen-bond acceptors (Lipinski definition) is 3. The van der Waals surface area contributed by atoms with Gasteiger partial charge >= 0.3 is 0 Å². The summed E-state index contributed by atoms with van der Waals surface area (Å²) < 4.78 is 41.1. The minimum absolute atomic E-state index is 0.0405. The van der Waals surface area contributed by atoms with E-state index in [-0.39, 0.29) is 22.8 Å². The number of nitrogens with one attached hydrogen (secondary N) is 2. The topological polar surface area (TPSA) is 58.2 Å². The van der Waals surface area contributed by atoms with Crippen molar-refractivity contribution >= 4 is 27.3 Å². The summed E-state index contributed by atoms with van der Waals surface area (Å²) in [7, 11) is -3.62. The van der Waals surface area contributed by atoms with Crippen LogP contribution in [0.5, 0.6) is 0 Å². The van der Waals surface area contributed by atoms with Gasteiger partial charge in [-0.15, -0.1) is 0 Å². The molecule has 0 radical (unpaired) electrons. The fourth-order valence-corrected chi connectivity index (χ4v) is 4.52. The van der Waals surface area contributed by atoms with Gasteiger partial charge in [0.15, 0.2) is 0 Å². The van der Waals surface area contributed by atoms with Crippen molar-refractivity contribution in [3.63, 3.8) is 0 Å². The van der Waals surface area contributed by atoms with E-state index < -0.39 is 10.0 Å². The van der Waals surface area contributed by atoms with E-state index in [1.165, 1.54) is 24.3 Å². The number of anilines is 1. The van der Waals surface area contributed by atoms with Crippen molar-refractivity contribution in [1.82, 2.24) is 4.72 Å². The number of benzene rings is 2. The molecule has 1 saturated carbocycles. The minimum atomic E-state index is -3.62. The van der Waals surface area contributed by atoms with Gasteiger partial charge in [-0.3, -0.25) is 0 Å². The molecule has 2 atom stereocenters. The summed E-state index contributed by atoms with van der Waals surface area (Å²) in [6.07, 6.45) is 3.60. The van der Waals surface area contributed by atoms with Crippen molar-refractivity contribution in [2.24, 2.45) is 0 Å². The van der Waals surface area contributed by atoms with Crippen LogP contribution in [-0.4, -0.2) is 20.5 Å². The molecule has 1 aliphatic carbocycles. The van der Waals surface area contributed by atoms with E-state index in [0.29, 0.717) is 5.02 Å². The van der Waals surface area contributed by atoms with E-state index in [1.807, 2.05) is 0 Å². The third kappa shape index (κ3) is 4.71. The molecule has 3 rings (SSSR count). The Morgan fingerprint density at radius 1 is 0.920 bits per heavy atom. The maximum atomic E-state index is 13.1. The van der Waals surface area contributed by atoms with Gasteiger partial charge in [0, 0.05) is 22.8 Å². The highest BCUT2D eigenvalue weighted by atomic mass is 35.5. The third-order valence-electron chi connectivity index (χ3n) is 4.39. The zero-order chi connectivity index (χ0) is 17.9. The van der Waals surface area contributed by atoms with Crippen molar-refractivity contribution < 1.29 is 12.8 Å². The smallest absolute Gasteiger partial charge is 0.240 e. The van der Waals surface area contributed by atoms with Gasteiger partial charge in [-0.2, -0.15) is 0 Å². The van der Waals surface area contributed by atoms with Gasteiger partial charge in [0.2, 0.25) is 10.0 Å². The quantitative estimate of drug-likeness (QED) is 0.815. The molecule has 4 nitrogen and oxygen atoms in total. The summed E-state index contributed by atoms with van der Waals surface area (Å²) in [4.78, 5) is 0.197. The maximum Gasteiger partial charge on any atom is 0.240 e. The molecule has 0 amide bonds. The lowest BCUT2D eigenvalue weighted by atomic mass is 9.91. The van der Waals surface area contributed by atoms with E-state index in [9.17, 15) is 12.8 Å². The van der Waals surface area contributed by atoms with Crippen LogP contribution in [-0.2, 0) is 10.0 Å². The van der Waals surface area contributed by atoms with Crippen LogP contribution >= 0.6 is 11.6 Å². The van der Waals surface area contributed by atoms with Crippen LogP contribution in [0.3, 0.4) is 0 Å². The minimum Gasteiger partial charge on any atom is -0.381 e. The lowest BCUT2D eigenvalue weighted by Gasteiger charge is -2.33. The van der Waals surface area contributed by atoms with Crippen molar-refractivity contribution in [1.29, 1.82) is 0 Å². The number of rotatable bonds is 5. The van der Waals surface area contributed by atoms with Crippen LogP contribution in [0, 0.1) is 5.82 Å². The lowest BCUT2D eigenvalue weighted by molar-refractivity contribution is 0.378. The van der Waals surface area contributed by atoms with Gasteiger partial charge in [-0.1, -0.05) is 24.4 Å². The molecular formula is C18H20ClFN2O2S. The van der Waals surface area contributed by atoms with Gasteiger partial charge in [0.05, 0.1) is 4.90 Å². The Kier molecular flexibility index (Phi) is 5.61. The fraction of sp³-hybridized carbons (Fsp3) is 0.333. The molecule has 0 bridgehead atoms. The van der Waals surface area contributed by atoms with E-state index in [0.717, 1.165) is 31.4 Å². The van der Waals surface area contributed by atoms with E-state index in [2.05, 4.69) is 10.0 Å². The van der Waals surface area contributed by atoms with Gasteiger partial charge in [-0.25, -0.2) is 17.5 Å². The monoisotopic (exact) mass is 382 g/mol. The van der Waals surface area contributed by atoms with Gasteiger partial charge in [0.25, 0.3) is 0 Å². The second kappa shape index (κ2) is 7.72. The molecule has 0 unspecified atom stereocenters. The molecule has 0 spiro atoms. The largest absolute Gasteiger partial charge is 0.381 e. The van der Waals surface area contributed by atoms with Gasteiger partial charge < -0.3 is 5.32 Å². The van der Waals surface area contributed by atoms with Crippen LogP contribution in [0.1, 0.15) is 25.7 Å². The van der Waals surface area contributed by atoms with E-state index >= 15 is 0 Å². The molecule has 7 heteroatoms.